The second-order valence-electron chi connectivity index (χ2n) is 7.17. The minimum Gasteiger partial charge on any atom is -0.322 e. The molecule has 1 heterocycles. The third kappa shape index (κ3) is 5.33. The normalized spacial score (nSPS) is 16.0. The van der Waals surface area contributed by atoms with Gasteiger partial charge < -0.3 is 4.90 Å². The van der Waals surface area contributed by atoms with Crippen LogP contribution in [0.3, 0.4) is 0 Å². The summed E-state index contributed by atoms with van der Waals surface area (Å²) in [6, 6.07) is 22.2. The smallest absolute Gasteiger partial charge is 0.271 e. The molecule has 1 atom stereocenters. The highest BCUT2D eigenvalue weighted by Gasteiger charge is 2.32. The summed E-state index contributed by atoms with van der Waals surface area (Å²) in [5, 5.41) is 4.77. The molecule has 4 rings (SSSR count). The molecule has 0 radical (unpaired) electrons. The summed E-state index contributed by atoms with van der Waals surface area (Å²) in [6.07, 6.45) is 1.50. The number of rotatable bonds is 6. The van der Waals surface area contributed by atoms with Gasteiger partial charge in [0.15, 0.2) is 0 Å². The predicted molar refractivity (Wildman–Crippen MR) is 130 cm³/mol. The van der Waals surface area contributed by atoms with Crippen LogP contribution in [0.5, 0.6) is 0 Å². The average molecular weight is 484 g/mol. The fourth-order valence-electron chi connectivity index (χ4n) is 3.30. The number of benzene rings is 3. The van der Waals surface area contributed by atoms with Crippen LogP contribution in [0.25, 0.3) is 0 Å². The van der Waals surface area contributed by atoms with E-state index < -0.39 is 0 Å². The van der Waals surface area contributed by atoms with E-state index in [9.17, 15) is 9.59 Å². The lowest BCUT2D eigenvalue weighted by Crippen LogP contribution is -2.27. The summed E-state index contributed by atoms with van der Waals surface area (Å²) in [6.45, 7) is 0.559. The van der Waals surface area contributed by atoms with Crippen molar-refractivity contribution >= 4 is 53.0 Å². The Kier molecular flexibility index (Phi) is 7.15. The van der Waals surface area contributed by atoms with E-state index in [0.717, 1.165) is 16.7 Å². The van der Waals surface area contributed by atoms with Crippen LogP contribution in [0.15, 0.2) is 77.9 Å². The molecule has 0 bridgehead atoms. The number of hydrogen-bond acceptors (Lipinski definition) is 4. The van der Waals surface area contributed by atoms with Crippen molar-refractivity contribution in [3.05, 3.63) is 105 Å². The third-order valence-electron chi connectivity index (χ3n) is 4.95. The van der Waals surface area contributed by atoms with Crippen molar-refractivity contribution in [3.8, 4) is 0 Å². The van der Waals surface area contributed by atoms with E-state index in [1.165, 1.54) is 6.21 Å². The molecule has 3 aromatic carbocycles. The Morgan fingerprint density at radius 1 is 1.06 bits per heavy atom. The quantitative estimate of drug-likeness (QED) is 0.370. The Labute approximate surface area is 200 Å². The van der Waals surface area contributed by atoms with Crippen LogP contribution in [-0.4, -0.2) is 28.7 Å². The fraction of sp³-hybridized carbons (Fsp3) is 0.125. The minimum absolute atomic E-state index is 0.0764. The maximum Gasteiger partial charge on any atom is 0.271 e. The van der Waals surface area contributed by atoms with Crippen molar-refractivity contribution in [2.45, 2.75) is 11.9 Å². The van der Waals surface area contributed by atoms with Gasteiger partial charge in [-0.05, 0) is 41.0 Å². The number of nitrogens with one attached hydrogen (secondary N) is 1. The lowest BCUT2D eigenvalue weighted by atomic mass is 10.1. The molecule has 5 nitrogen and oxygen atoms in total. The number of halogens is 2. The van der Waals surface area contributed by atoms with Crippen LogP contribution in [0.1, 0.15) is 32.4 Å². The number of nitrogens with zero attached hydrogens (tertiary/aromatic N) is 2. The summed E-state index contributed by atoms with van der Waals surface area (Å²) in [4.78, 5) is 26.7. The van der Waals surface area contributed by atoms with Crippen LogP contribution in [0, 0.1) is 0 Å². The van der Waals surface area contributed by atoms with Gasteiger partial charge >= 0.3 is 0 Å². The minimum atomic E-state index is -0.329. The van der Waals surface area contributed by atoms with Gasteiger partial charge in [0.25, 0.3) is 5.91 Å². The van der Waals surface area contributed by atoms with E-state index in [-0.39, 0.29) is 17.2 Å². The van der Waals surface area contributed by atoms with Crippen LogP contribution in [0.2, 0.25) is 10.0 Å². The Hall–Kier alpha value is -2.80. The molecule has 162 valence electrons. The number of thioether (sulfide) groups is 1. The number of hydrazone groups is 1. The maximum absolute atomic E-state index is 12.4. The standard InChI is InChI=1S/C24H19Cl2N3O2S/c25-20-11-6-17(12-21(20)26)13-27-28-23(31)18-7-9-19(10-8-18)24-29(22(30)15-32-24)14-16-4-2-1-3-5-16/h1-13,24H,14-15H2,(H,28,31)/b27-13-/t24-/m0/s1. The summed E-state index contributed by atoms with van der Waals surface area (Å²) < 4.78 is 0. The molecule has 0 spiro atoms. The molecular formula is C24H19Cl2N3O2S. The van der Waals surface area contributed by atoms with E-state index in [4.69, 9.17) is 23.2 Å². The topological polar surface area (TPSA) is 61.8 Å². The largest absolute Gasteiger partial charge is 0.322 e. The number of amides is 2. The molecule has 1 fully saturated rings. The first kappa shape index (κ1) is 22.4. The Balaban J connectivity index is 1.40. The molecule has 0 aromatic heterocycles. The lowest BCUT2D eigenvalue weighted by molar-refractivity contribution is -0.128. The van der Waals surface area contributed by atoms with Crippen molar-refractivity contribution < 1.29 is 9.59 Å². The molecule has 1 aliphatic rings. The molecule has 1 aliphatic heterocycles. The second-order valence-corrected chi connectivity index (χ2v) is 9.05. The maximum atomic E-state index is 12.4. The van der Waals surface area contributed by atoms with Crippen molar-refractivity contribution in [2.75, 3.05) is 5.75 Å². The summed E-state index contributed by atoms with van der Waals surface area (Å²) >= 11 is 13.5. The van der Waals surface area contributed by atoms with Gasteiger partial charge in [0.2, 0.25) is 5.91 Å². The van der Waals surface area contributed by atoms with Crippen molar-refractivity contribution in [1.29, 1.82) is 0 Å². The van der Waals surface area contributed by atoms with Gasteiger partial charge in [0.1, 0.15) is 5.37 Å². The van der Waals surface area contributed by atoms with Gasteiger partial charge in [0, 0.05) is 12.1 Å². The number of hydrogen-bond donors (Lipinski definition) is 1. The van der Waals surface area contributed by atoms with Gasteiger partial charge in [-0.15, -0.1) is 11.8 Å². The average Bonchev–Trinajstić information content (AvgIpc) is 3.17. The first-order valence-electron chi connectivity index (χ1n) is 9.84. The monoisotopic (exact) mass is 483 g/mol. The summed E-state index contributed by atoms with van der Waals surface area (Å²) in [5.74, 6) is 0.231. The third-order valence-corrected chi connectivity index (χ3v) is 6.94. The van der Waals surface area contributed by atoms with Gasteiger partial charge in [-0.25, -0.2) is 5.43 Å². The molecule has 1 saturated heterocycles. The highest BCUT2D eigenvalue weighted by molar-refractivity contribution is 8.00. The van der Waals surface area contributed by atoms with E-state index in [0.29, 0.717) is 27.9 Å². The van der Waals surface area contributed by atoms with Gasteiger partial charge in [0.05, 0.1) is 22.0 Å². The highest BCUT2D eigenvalue weighted by atomic mass is 35.5. The number of carbonyl (C=O) groups excluding carboxylic acids is 2. The van der Waals surface area contributed by atoms with Crippen LogP contribution in [0.4, 0.5) is 0 Å². The summed E-state index contributed by atoms with van der Waals surface area (Å²) in [7, 11) is 0. The fourth-order valence-corrected chi connectivity index (χ4v) is 4.80. The van der Waals surface area contributed by atoms with Crippen LogP contribution < -0.4 is 5.43 Å². The van der Waals surface area contributed by atoms with Gasteiger partial charge in [-0.1, -0.05) is 71.7 Å². The highest BCUT2D eigenvalue weighted by Crippen LogP contribution is 2.39. The Morgan fingerprint density at radius 3 is 2.53 bits per heavy atom. The van der Waals surface area contributed by atoms with Crippen molar-refractivity contribution in [2.24, 2.45) is 5.10 Å². The lowest BCUT2D eigenvalue weighted by Gasteiger charge is -2.24. The van der Waals surface area contributed by atoms with Crippen LogP contribution in [-0.2, 0) is 11.3 Å². The molecule has 1 N–H and O–H groups in total. The van der Waals surface area contributed by atoms with Crippen LogP contribution >= 0.6 is 35.0 Å². The Bertz CT molecular complexity index is 1150. The molecular weight excluding hydrogens is 465 g/mol. The molecule has 2 amide bonds. The molecule has 8 heteroatoms. The van der Waals surface area contributed by atoms with E-state index in [2.05, 4.69) is 10.5 Å². The van der Waals surface area contributed by atoms with Crippen molar-refractivity contribution in [1.82, 2.24) is 10.3 Å². The van der Waals surface area contributed by atoms with Gasteiger partial charge in [-0.2, -0.15) is 5.10 Å². The van der Waals surface area contributed by atoms with E-state index in [1.54, 1.807) is 42.1 Å². The zero-order chi connectivity index (χ0) is 22.5. The second kappa shape index (κ2) is 10.2. The van der Waals surface area contributed by atoms with E-state index in [1.807, 2.05) is 47.4 Å². The zero-order valence-corrected chi connectivity index (χ0v) is 19.2. The van der Waals surface area contributed by atoms with Crippen molar-refractivity contribution in [3.63, 3.8) is 0 Å². The molecule has 3 aromatic rings. The van der Waals surface area contributed by atoms with Gasteiger partial charge in [-0.3, -0.25) is 9.59 Å². The Morgan fingerprint density at radius 2 is 1.81 bits per heavy atom. The first-order valence-corrected chi connectivity index (χ1v) is 11.6. The first-order chi connectivity index (χ1) is 15.5. The number of carbonyl (C=O) groups is 2. The molecule has 32 heavy (non-hydrogen) atoms. The molecule has 0 unspecified atom stereocenters. The predicted octanol–water partition coefficient (Wildman–Crippen LogP) is 5.53. The zero-order valence-electron chi connectivity index (χ0n) is 16.9. The molecule has 0 saturated carbocycles. The summed E-state index contributed by atoms with van der Waals surface area (Å²) in [5.41, 5.74) is 5.77. The molecule has 0 aliphatic carbocycles. The SMILES string of the molecule is O=C(N/N=C\c1ccc(Cl)c(Cl)c1)c1ccc([C@@H]2SCC(=O)N2Cc2ccccc2)cc1. The van der Waals surface area contributed by atoms with E-state index >= 15 is 0 Å².